The third-order valence-corrected chi connectivity index (χ3v) is 7.90. The Morgan fingerprint density at radius 1 is 0.909 bits per heavy atom. The van der Waals surface area contributed by atoms with Gasteiger partial charge >= 0.3 is 5.97 Å². The molecule has 0 aromatic heterocycles. The van der Waals surface area contributed by atoms with E-state index in [1.807, 2.05) is 93.6 Å². The summed E-state index contributed by atoms with van der Waals surface area (Å²) in [6, 6.07) is 21.8. The molecule has 3 aromatic rings. The predicted molar refractivity (Wildman–Crippen MR) is 130 cm³/mol. The summed E-state index contributed by atoms with van der Waals surface area (Å²) in [5.41, 5.74) is 3.99. The number of rotatable bonds is 8. The van der Waals surface area contributed by atoms with Crippen molar-refractivity contribution in [3.8, 4) is 0 Å². The first-order chi connectivity index (χ1) is 15.6. The molecule has 0 amide bonds. The predicted octanol–water partition coefficient (Wildman–Crippen LogP) is 5.50. The van der Waals surface area contributed by atoms with Crippen LogP contribution in [-0.4, -0.2) is 24.7 Å². The van der Waals surface area contributed by atoms with Gasteiger partial charge in [-0.2, -0.15) is 4.31 Å². The number of ether oxygens (including phenoxy) is 1. The van der Waals surface area contributed by atoms with E-state index >= 15 is 0 Å². The first-order valence-corrected chi connectivity index (χ1v) is 12.4. The summed E-state index contributed by atoms with van der Waals surface area (Å²) in [6.45, 7) is 8.87. The molecule has 0 aliphatic carbocycles. The van der Waals surface area contributed by atoms with Gasteiger partial charge in [-0.05, 0) is 49.9 Å². The highest BCUT2D eigenvalue weighted by atomic mass is 32.2. The molecular formula is C27H31NO4S. The minimum Gasteiger partial charge on any atom is -0.456 e. The van der Waals surface area contributed by atoms with Gasteiger partial charge in [0.25, 0.3) is 0 Å². The van der Waals surface area contributed by atoms with Crippen LogP contribution in [0.4, 0.5) is 0 Å². The monoisotopic (exact) mass is 465 g/mol. The van der Waals surface area contributed by atoms with Gasteiger partial charge in [0.1, 0.15) is 6.10 Å². The van der Waals surface area contributed by atoms with E-state index < -0.39 is 28.1 Å². The van der Waals surface area contributed by atoms with Gasteiger partial charge in [0.05, 0.1) is 10.9 Å². The summed E-state index contributed by atoms with van der Waals surface area (Å²) in [7, 11) is -3.92. The van der Waals surface area contributed by atoms with E-state index in [0.717, 1.165) is 16.7 Å². The lowest BCUT2D eigenvalue weighted by Crippen LogP contribution is -2.43. The summed E-state index contributed by atoms with van der Waals surface area (Å²) < 4.78 is 35.4. The molecule has 0 saturated heterocycles. The summed E-state index contributed by atoms with van der Waals surface area (Å²) in [6.07, 6.45) is -0.756. The van der Waals surface area contributed by atoms with E-state index in [-0.39, 0.29) is 6.54 Å². The van der Waals surface area contributed by atoms with Crippen LogP contribution in [0.15, 0.2) is 77.7 Å². The van der Waals surface area contributed by atoms with Gasteiger partial charge in [0.2, 0.25) is 10.0 Å². The quantitative estimate of drug-likeness (QED) is 0.412. The fraction of sp³-hybridized carbons (Fsp3) is 0.296. The molecule has 0 heterocycles. The summed E-state index contributed by atoms with van der Waals surface area (Å²) in [4.78, 5) is 12.3. The largest absolute Gasteiger partial charge is 0.456 e. The molecule has 6 heteroatoms. The smallest absolute Gasteiger partial charge is 0.303 e. The summed E-state index contributed by atoms with van der Waals surface area (Å²) in [5.74, 6) is -0.463. The molecule has 0 spiro atoms. The molecule has 174 valence electrons. The Bertz CT molecular complexity index is 1180. The standard InChI is InChI=1S/C27H31NO4S/c1-19-16-20(2)27(21(3)17-19)33(30,31)28(18-24-12-8-6-9-13-24)22(4)26(32-23(5)29)25-14-10-7-11-15-25/h6-17,22,26H,18H2,1-5H3/t22-,26-/m1/s1. The third kappa shape index (κ3) is 5.70. The number of hydrogen-bond donors (Lipinski definition) is 0. The van der Waals surface area contributed by atoms with Crippen LogP contribution in [0.25, 0.3) is 0 Å². The van der Waals surface area contributed by atoms with E-state index in [4.69, 9.17) is 4.74 Å². The molecule has 0 aliphatic rings. The number of hydrogen-bond acceptors (Lipinski definition) is 4. The maximum absolute atomic E-state index is 14.1. The van der Waals surface area contributed by atoms with Gasteiger partial charge in [-0.15, -0.1) is 0 Å². The van der Waals surface area contributed by atoms with Crippen LogP contribution in [0.2, 0.25) is 0 Å². The lowest BCUT2D eigenvalue weighted by molar-refractivity contribution is -0.149. The van der Waals surface area contributed by atoms with Crippen LogP contribution in [0.3, 0.4) is 0 Å². The van der Waals surface area contributed by atoms with Crippen molar-refractivity contribution in [1.82, 2.24) is 4.31 Å². The van der Waals surface area contributed by atoms with E-state index in [9.17, 15) is 13.2 Å². The Balaban J connectivity index is 2.15. The number of sulfonamides is 1. The van der Waals surface area contributed by atoms with Crippen molar-refractivity contribution in [3.05, 3.63) is 101 Å². The Kier molecular flexibility index (Phi) is 7.72. The number of nitrogens with zero attached hydrogens (tertiary/aromatic N) is 1. The Labute approximate surface area is 197 Å². The summed E-state index contributed by atoms with van der Waals surface area (Å²) >= 11 is 0. The SMILES string of the molecule is CC(=O)O[C@@H](c1ccccc1)[C@@H](C)N(Cc1ccccc1)S(=O)(=O)c1c(C)cc(C)cc1C. The van der Waals surface area contributed by atoms with Gasteiger partial charge in [0, 0.05) is 13.5 Å². The van der Waals surface area contributed by atoms with Crippen LogP contribution in [0.5, 0.6) is 0 Å². The Morgan fingerprint density at radius 3 is 1.94 bits per heavy atom. The molecule has 0 fully saturated rings. The van der Waals surface area contributed by atoms with Gasteiger partial charge < -0.3 is 4.74 Å². The number of benzene rings is 3. The molecule has 0 aliphatic heterocycles. The molecule has 3 rings (SSSR count). The fourth-order valence-electron chi connectivity index (χ4n) is 4.32. The van der Waals surface area contributed by atoms with Crippen molar-refractivity contribution in [2.24, 2.45) is 0 Å². The average molecular weight is 466 g/mol. The van der Waals surface area contributed by atoms with E-state index in [1.165, 1.54) is 11.2 Å². The molecule has 0 unspecified atom stereocenters. The van der Waals surface area contributed by atoms with Crippen LogP contribution in [0, 0.1) is 20.8 Å². The van der Waals surface area contributed by atoms with Crippen molar-refractivity contribution >= 4 is 16.0 Å². The highest BCUT2D eigenvalue weighted by Gasteiger charge is 2.37. The number of carbonyl (C=O) groups is 1. The number of carbonyl (C=O) groups excluding carboxylic acids is 1. The molecule has 2 atom stereocenters. The number of aryl methyl sites for hydroxylation is 3. The van der Waals surface area contributed by atoms with Crippen molar-refractivity contribution < 1.29 is 17.9 Å². The highest BCUT2D eigenvalue weighted by Crippen LogP contribution is 2.33. The highest BCUT2D eigenvalue weighted by molar-refractivity contribution is 7.89. The van der Waals surface area contributed by atoms with Gasteiger partial charge in [-0.1, -0.05) is 78.4 Å². The normalized spacial score (nSPS) is 13.5. The molecule has 0 bridgehead atoms. The Hall–Kier alpha value is -2.96. The lowest BCUT2D eigenvalue weighted by atomic mass is 10.0. The van der Waals surface area contributed by atoms with E-state index in [0.29, 0.717) is 16.0 Å². The van der Waals surface area contributed by atoms with Crippen LogP contribution in [-0.2, 0) is 26.1 Å². The van der Waals surface area contributed by atoms with E-state index in [2.05, 4.69) is 0 Å². The van der Waals surface area contributed by atoms with Crippen molar-refractivity contribution in [2.75, 3.05) is 0 Å². The van der Waals surface area contributed by atoms with Crippen molar-refractivity contribution in [1.29, 1.82) is 0 Å². The Morgan fingerprint density at radius 2 is 1.42 bits per heavy atom. The summed E-state index contributed by atoms with van der Waals surface area (Å²) in [5, 5.41) is 0. The molecule has 3 aromatic carbocycles. The van der Waals surface area contributed by atoms with Gasteiger partial charge in [-0.25, -0.2) is 8.42 Å². The minimum atomic E-state index is -3.92. The molecule has 5 nitrogen and oxygen atoms in total. The maximum atomic E-state index is 14.1. The fourth-order valence-corrected chi connectivity index (χ4v) is 6.35. The molecule has 0 saturated carbocycles. The zero-order chi connectivity index (χ0) is 24.2. The average Bonchev–Trinajstić information content (AvgIpc) is 2.75. The second kappa shape index (κ2) is 10.3. The lowest BCUT2D eigenvalue weighted by Gasteiger charge is -2.34. The zero-order valence-corrected chi connectivity index (χ0v) is 20.6. The first kappa shape index (κ1) is 24.7. The second-order valence-electron chi connectivity index (χ2n) is 8.45. The second-order valence-corrected chi connectivity index (χ2v) is 10.3. The topological polar surface area (TPSA) is 63.7 Å². The third-order valence-electron chi connectivity index (χ3n) is 5.67. The minimum absolute atomic E-state index is 0.154. The van der Waals surface area contributed by atoms with Gasteiger partial charge in [0.15, 0.2) is 0 Å². The zero-order valence-electron chi connectivity index (χ0n) is 19.8. The molecule has 0 radical (unpaired) electrons. The van der Waals surface area contributed by atoms with Crippen molar-refractivity contribution in [3.63, 3.8) is 0 Å². The number of esters is 1. The first-order valence-electron chi connectivity index (χ1n) is 11.0. The van der Waals surface area contributed by atoms with Crippen molar-refractivity contribution in [2.45, 2.75) is 58.2 Å². The molecule has 33 heavy (non-hydrogen) atoms. The van der Waals surface area contributed by atoms with Crippen LogP contribution in [0.1, 0.15) is 47.8 Å². The van der Waals surface area contributed by atoms with Crippen LogP contribution < -0.4 is 0 Å². The maximum Gasteiger partial charge on any atom is 0.303 e. The molecule has 0 N–H and O–H groups in total. The van der Waals surface area contributed by atoms with Crippen LogP contribution >= 0.6 is 0 Å². The van der Waals surface area contributed by atoms with E-state index in [1.54, 1.807) is 6.92 Å². The van der Waals surface area contributed by atoms with Gasteiger partial charge in [-0.3, -0.25) is 4.79 Å². The molecular weight excluding hydrogens is 434 g/mol.